The van der Waals surface area contributed by atoms with Crippen LogP contribution in [0.2, 0.25) is 0 Å². The molecule has 0 radical (unpaired) electrons. The minimum Gasteiger partial charge on any atom is -0.519 e. The van der Waals surface area contributed by atoms with Gasteiger partial charge in [-0.1, -0.05) is 65.8 Å². The Morgan fingerprint density at radius 1 is 0.955 bits per heavy atom. The molecule has 0 bridgehead atoms. The van der Waals surface area contributed by atoms with Gasteiger partial charge in [0.1, 0.15) is 11.5 Å². The van der Waals surface area contributed by atoms with E-state index in [0.717, 1.165) is 17.9 Å². The maximum atomic E-state index is 6.19. The molecule has 3 heteroatoms. The molecule has 0 atom stereocenters. The monoisotopic (exact) mass is 296 g/mol. The van der Waals surface area contributed by atoms with Crippen molar-refractivity contribution >= 4 is 7.12 Å². The maximum Gasteiger partial charge on any atom is 0.628 e. The van der Waals surface area contributed by atoms with Gasteiger partial charge in [-0.3, -0.25) is 0 Å². The van der Waals surface area contributed by atoms with Crippen LogP contribution < -0.4 is 9.31 Å². The summed E-state index contributed by atoms with van der Waals surface area (Å²) in [6, 6.07) is 4.43. The lowest BCUT2D eigenvalue weighted by Crippen LogP contribution is -2.27. The number of hydrogen-bond donors (Lipinski definition) is 0. The normalized spacial score (nSPS) is 17.2. The van der Waals surface area contributed by atoms with E-state index in [2.05, 4.69) is 71.9 Å². The van der Waals surface area contributed by atoms with E-state index in [-0.39, 0.29) is 17.9 Å². The second-order valence-electron chi connectivity index (χ2n) is 8.29. The van der Waals surface area contributed by atoms with Gasteiger partial charge in [0.2, 0.25) is 0 Å². The van der Waals surface area contributed by atoms with Gasteiger partial charge in [0.15, 0.2) is 0 Å². The van der Waals surface area contributed by atoms with E-state index in [9.17, 15) is 0 Å². The number of rotatable bonds is 1. The van der Waals surface area contributed by atoms with Gasteiger partial charge < -0.3 is 9.31 Å². The van der Waals surface area contributed by atoms with Crippen molar-refractivity contribution in [3.8, 4) is 11.5 Å². The first kappa shape index (κ1) is 15.3. The molecule has 1 aromatic rings. The van der Waals surface area contributed by atoms with Crippen LogP contribution in [0.1, 0.15) is 59.1 Å². The van der Waals surface area contributed by atoms with E-state index in [1.807, 2.05) is 0 Å². The maximum absolute atomic E-state index is 6.19. The van der Waals surface area contributed by atoms with Gasteiger partial charge in [-0.2, -0.15) is 0 Å². The third-order valence-electron chi connectivity index (χ3n) is 4.29. The molecule has 0 fully saturated rings. The highest BCUT2D eigenvalue weighted by atomic mass is 16.6. The SMILES string of the molecule is CC(C)(C)c1cc2c(c(C(C)(C)C)c1)OB(C1=CC=CC1)O2. The second-order valence-corrected chi connectivity index (χ2v) is 8.29. The number of allylic oxidation sites excluding steroid dienone is 4. The topological polar surface area (TPSA) is 18.5 Å². The van der Waals surface area contributed by atoms with Crippen molar-refractivity contribution in [2.75, 3.05) is 0 Å². The Kier molecular flexibility index (Phi) is 3.43. The first-order chi connectivity index (χ1) is 10.2. The lowest BCUT2D eigenvalue weighted by Gasteiger charge is -2.26. The molecule has 2 aliphatic rings. The lowest BCUT2D eigenvalue weighted by molar-refractivity contribution is 0.497. The van der Waals surface area contributed by atoms with E-state index < -0.39 is 0 Å². The molecule has 22 heavy (non-hydrogen) atoms. The highest BCUT2D eigenvalue weighted by Crippen LogP contribution is 2.46. The first-order valence-corrected chi connectivity index (χ1v) is 8.04. The average Bonchev–Trinajstić information content (AvgIpc) is 3.03. The molecule has 116 valence electrons. The molecule has 1 aliphatic carbocycles. The van der Waals surface area contributed by atoms with Gasteiger partial charge in [0, 0.05) is 5.56 Å². The molecule has 1 aromatic carbocycles. The Morgan fingerprint density at radius 3 is 2.23 bits per heavy atom. The number of hydrogen-bond acceptors (Lipinski definition) is 2. The minimum absolute atomic E-state index is 0.0197. The molecular weight excluding hydrogens is 271 g/mol. The Labute approximate surface area is 134 Å². The molecule has 0 saturated heterocycles. The van der Waals surface area contributed by atoms with E-state index in [4.69, 9.17) is 9.31 Å². The fraction of sp³-hybridized carbons (Fsp3) is 0.474. The number of benzene rings is 1. The van der Waals surface area contributed by atoms with Crippen molar-refractivity contribution in [1.82, 2.24) is 0 Å². The van der Waals surface area contributed by atoms with Crippen LogP contribution in [-0.4, -0.2) is 7.12 Å². The fourth-order valence-electron chi connectivity index (χ4n) is 2.84. The third-order valence-corrected chi connectivity index (χ3v) is 4.29. The zero-order chi connectivity index (χ0) is 16.1. The Balaban J connectivity index is 2.05. The summed E-state index contributed by atoms with van der Waals surface area (Å²) in [5, 5.41) is 0. The molecule has 0 spiro atoms. The smallest absolute Gasteiger partial charge is 0.519 e. The van der Waals surface area contributed by atoms with Crippen molar-refractivity contribution in [2.45, 2.75) is 58.8 Å². The predicted molar refractivity (Wildman–Crippen MR) is 92.7 cm³/mol. The van der Waals surface area contributed by atoms with Gasteiger partial charge in [-0.25, -0.2) is 0 Å². The molecule has 2 nitrogen and oxygen atoms in total. The summed E-state index contributed by atoms with van der Waals surface area (Å²) in [6.45, 7) is 13.4. The largest absolute Gasteiger partial charge is 0.628 e. The first-order valence-electron chi connectivity index (χ1n) is 8.04. The Bertz CT molecular complexity index is 657. The fourth-order valence-corrected chi connectivity index (χ4v) is 2.84. The summed E-state index contributed by atoms with van der Waals surface area (Å²) in [6.07, 6.45) is 7.21. The van der Waals surface area contributed by atoms with Crippen LogP contribution in [0.25, 0.3) is 0 Å². The van der Waals surface area contributed by atoms with Gasteiger partial charge in [0.25, 0.3) is 0 Å². The van der Waals surface area contributed by atoms with Gasteiger partial charge in [-0.15, -0.1) is 0 Å². The van der Waals surface area contributed by atoms with Crippen LogP contribution in [-0.2, 0) is 10.8 Å². The summed E-state index contributed by atoms with van der Waals surface area (Å²) in [4.78, 5) is 0. The van der Waals surface area contributed by atoms with Crippen LogP contribution in [0.3, 0.4) is 0 Å². The summed E-state index contributed by atoms with van der Waals surface area (Å²) in [7, 11) is -0.277. The van der Waals surface area contributed by atoms with Crippen molar-refractivity contribution in [2.24, 2.45) is 0 Å². The second kappa shape index (κ2) is 4.94. The van der Waals surface area contributed by atoms with E-state index in [1.54, 1.807) is 0 Å². The van der Waals surface area contributed by atoms with Gasteiger partial charge in [0.05, 0.1) is 0 Å². The van der Waals surface area contributed by atoms with Crippen LogP contribution in [0.5, 0.6) is 11.5 Å². The molecule has 0 unspecified atom stereocenters. The van der Waals surface area contributed by atoms with E-state index in [1.165, 1.54) is 16.6 Å². The van der Waals surface area contributed by atoms with Crippen molar-refractivity contribution in [1.29, 1.82) is 0 Å². The highest BCUT2D eigenvalue weighted by molar-refractivity contribution is 6.56. The van der Waals surface area contributed by atoms with Crippen molar-refractivity contribution in [3.05, 3.63) is 47.0 Å². The summed E-state index contributed by atoms with van der Waals surface area (Å²) in [5.41, 5.74) is 3.81. The summed E-state index contributed by atoms with van der Waals surface area (Å²) < 4.78 is 12.3. The zero-order valence-corrected chi connectivity index (χ0v) is 14.5. The summed E-state index contributed by atoms with van der Waals surface area (Å²) >= 11 is 0. The summed E-state index contributed by atoms with van der Waals surface area (Å²) in [5.74, 6) is 1.80. The average molecular weight is 296 g/mol. The van der Waals surface area contributed by atoms with Gasteiger partial charge in [-0.05, 0) is 34.4 Å². The molecule has 3 rings (SSSR count). The number of fused-ring (bicyclic) bond motifs is 1. The molecule has 0 N–H and O–H groups in total. The lowest BCUT2D eigenvalue weighted by atomic mass is 9.77. The predicted octanol–water partition coefficient (Wildman–Crippen LogP) is 4.97. The quantitative estimate of drug-likeness (QED) is 0.681. The molecular formula is C19H25BO2. The molecule has 1 aliphatic heterocycles. The molecule has 0 aromatic heterocycles. The van der Waals surface area contributed by atoms with Crippen molar-refractivity contribution in [3.63, 3.8) is 0 Å². The Hall–Kier alpha value is -1.64. The highest BCUT2D eigenvalue weighted by Gasteiger charge is 2.39. The van der Waals surface area contributed by atoms with Crippen molar-refractivity contribution < 1.29 is 9.31 Å². The van der Waals surface area contributed by atoms with E-state index in [0.29, 0.717) is 0 Å². The molecule has 0 amide bonds. The van der Waals surface area contributed by atoms with Gasteiger partial charge >= 0.3 is 7.12 Å². The van der Waals surface area contributed by atoms with E-state index >= 15 is 0 Å². The van der Waals surface area contributed by atoms with Crippen LogP contribution in [0, 0.1) is 0 Å². The zero-order valence-electron chi connectivity index (χ0n) is 14.5. The third kappa shape index (κ3) is 2.69. The Morgan fingerprint density at radius 2 is 1.68 bits per heavy atom. The van der Waals surface area contributed by atoms with Crippen LogP contribution in [0.4, 0.5) is 0 Å². The molecule has 0 saturated carbocycles. The van der Waals surface area contributed by atoms with Crippen LogP contribution >= 0.6 is 0 Å². The standard InChI is InChI=1S/C19H25BO2/c1-18(2,3)13-11-15(19(4,5)6)17-16(12-13)21-20(22-17)14-9-7-8-10-14/h7-9,11-12H,10H2,1-6H3. The van der Waals surface area contributed by atoms with Crippen LogP contribution in [0.15, 0.2) is 35.8 Å². The minimum atomic E-state index is -0.277. The molecule has 1 heterocycles.